The molecule has 27 heavy (non-hydrogen) atoms. The molecule has 0 atom stereocenters. The molecule has 2 rings (SSSR count). The van der Waals surface area contributed by atoms with Crippen LogP contribution in [-0.4, -0.2) is 67.4 Å². The fraction of sp³-hybridized carbons (Fsp3) is 0.444. The summed E-state index contributed by atoms with van der Waals surface area (Å²) in [7, 11) is 0.997. The van der Waals surface area contributed by atoms with E-state index in [1.165, 1.54) is 17.0 Å². The van der Waals surface area contributed by atoms with Crippen LogP contribution in [0.2, 0.25) is 0 Å². The number of amides is 1. The molecule has 1 saturated heterocycles. The van der Waals surface area contributed by atoms with Crippen LogP contribution < -0.4 is 5.73 Å². The highest BCUT2D eigenvalue weighted by Crippen LogP contribution is 2.19. The molecular formula is C18H22F4N4O. The Morgan fingerprint density at radius 3 is 2.30 bits per heavy atom. The van der Waals surface area contributed by atoms with Gasteiger partial charge in [-0.3, -0.25) is 14.7 Å². The number of nitrogens with zero attached hydrogens (tertiary/aromatic N) is 3. The summed E-state index contributed by atoms with van der Waals surface area (Å²) in [4.78, 5) is 19.0. The maximum atomic E-state index is 12.9. The van der Waals surface area contributed by atoms with Crippen molar-refractivity contribution in [1.29, 1.82) is 0 Å². The Bertz CT molecular complexity index is 705. The Hall–Kier alpha value is -2.42. The predicted molar refractivity (Wildman–Crippen MR) is 94.8 cm³/mol. The van der Waals surface area contributed by atoms with Gasteiger partial charge in [-0.05, 0) is 30.2 Å². The van der Waals surface area contributed by atoms with Crippen LogP contribution >= 0.6 is 0 Å². The average molecular weight is 386 g/mol. The molecule has 0 saturated carbocycles. The Labute approximate surface area is 155 Å². The highest BCUT2D eigenvalue weighted by atomic mass is 19.4. The number of hydrogen-bond acceptors (Lipinski definition) is 4. The van der Waals surface area contributed by atoms with Gasteiger partial charge >= 0.3 is 6.18 Å². The number of carbonyl (C=O) groups excluding carboxylic acids is 1. The maximum absolute atomic E-state index is 12.9. The molecule has 1 heterocycles. The first-order chi connectivity index (χ1) is 12.7. The Balaban J connectivity index is 1.85. The van der Waals surface area contributed by atoms with Crippen molar-refractivity contribution in [3.05, 3.63) is 47.4 Å². The van der Waals surface area contributed by atoms with Crippen LogP contribution in [0.5, 0.6) is 0 Å². The molecule has 1 aliphatic rings. The number of benzene rings is 1. The second-order valence-electron chi connectivity index (χ2n) is 6.22. The standard InChI is InChI=1S/C18H22F4N4O/c1-24-16(18(20,21)22)12-15(23)17(27)26-10-8-25(9-11-26)7-6-13-2-4-14(19)5-3-13/h2-5,12H,6-11,23H2,1H3. The second kappa shape index (κ2) is 8.98. The molecule has 1 aromatic carbocycles. The minimum absolute atomic E-state index is 0.279. The number of hydrogen-bond donors (Lipinski definition) is 1. The van der Waals surface area contributed by atoms with Gasteiger partial charge in [-0.1, -0.05) is 12.1 Å². The molecule has 9 heteroatoms. The lowest BCUT2D eigenvalue weighted by molar-refractivity contribution is -0.128. The van der Waals surface area contributed by atoms with Gasteiger partial charge in [0, 0.05) is 39.8 Å². The van der Waals surface area contributed by atoms with Crippen molar-refractivity contribution in [2.24, 2.45) is 10.7 Å². The van der Waals surface area contributed by atoms with Gasteiger partial charge in [0.1, 0.15) is 11.5 Å². The Morgan fingerprint density at radius 2 is 1.78 bits per heavy atom. The van der Waals surface area contributed by atoms with E-state index in [0.717, 1.165) is 25.6 Å². The quantitative estimate of drug-likeness (QED) is 0.478. The van der Waals surface area contributed by atoms with E-state index in [4.69, 9.17) is 5.73 Å². The average Bonchev–Trinajstić information content (AvgIpc) is 2.64. The number of nitrogens with two attached hydrogens (primary N) is 1. The van der Waals surface area contributed by atoms with Gasteiger partial charge in [0.2, 0.25) is 0 Å². The summed E-state index contributed by atoms with van der Waals surface area (Å²) in [5, 5.41) is 0. The minimum Gasteiger partial charge on any atom is -0.394 e. The van der Waals surface area contributed by atoms with Crippen molar-refractivity contribution in [3.63, 3.8) is 0 Å². The molecule has 0 unspecified atom stereocenters. The number of halogens is 4. The van der Waals surface area contributed by atoms with Crippen LogP contribution in [0.1, 0.15) is 5.56 Å². The number of carbonyl (C=O) groups is 1. The third kappa shape index (κ3) is 6.06. The number of piperazine rings is 1. The van der Waals surface area contributed by atoms with Gasteiger partial charge in [-0.2, -0.15) is 13.2 Å². The van der Waals surface area contributed by atoms with Crippen molar-refractivity contribution in [2.75, 3.05) is 39.8 Å². The fourth-order valence-corrected chi connectivity index (χ4v) is 2.78. The zero-order valence-corrected chi connectivity index (χ0v) is 15.0. The SMILES string of the molecule is CN=C(C=C(N)C(=O)N1CCN(CCc2ccc(F)cc2)CC1)C(F)(F)F. The van der Waals surface area contributed by atoms with Gasteiger partial charge in [0.05, 0.1) is 5.70 Å². The van der Waals surface area contributed by atoms with Crippen LogP contribution in [-0.2, 0) is 11.2 Å². The van der Waals surface area contributed by atoms with E-state index in [2.05, 4.69) is 9.89 Å². The highest BCUT2D eigenvalue weighted by molar-refractivity contribution is 6.06. The minimum atomic E-state index is -4.65. The molecule has 148 valence electrons. The normalized spacial score (nSPS) is 17.3. The lowest BCUT2D eigenvalue weighted by Gasteiger charge is -2.34. The summed E-state index contributed by atoms with van der Waals surface area (Å²) in [5.74, 6) is -0.906. The van der Waals surface area contributed by atoms with Gasteiger partial charge < -0.3 is 10.6 Å². The Kier molecular flexibility index (Phi) is 6.95. The largest absolute Gasteiger partial charge is 0.432 e. The first-order valence-corrected chi connectivity index (χ1v) is 8.48. The summed E-state index contributed by atoms with van der Waals surface area (Å²) >= 11 is 0. The van der Waals surface area contributed by atoms with Crippen LogP contribution in [0.15, 0.2) is 41.0 Å². The molecule has 0 spiro atoms. The van der Waals surface area contributed by atoms with E-state index < -0.39 is 23.5 Å². The molecule has 0 aliphatic carbocycles. The van der Waals surface area contributed by atoms with Crippen LogP contribution in [0.4, 0.5) is 17.6 Å². The second-order valence-corrected chi connectivity index (χ2v) is 6.22. The number of alkyl halides is 3. The van der Waals surface area contributed by atoms with E-state index in [9.17, 15) is 22.4 Å². The molecule has 1 fully saturated rings. The van der Waals surface area contributed by atoms with E-state index in [1.807, 2.05) is 0 Å². The number of rotatable bonds is 5. The zero-order valence-electron chi connectivity index (χ0n) is 15.0. The Morgan fingerprint density at radius 1 is 1.19 bits per heavy atom. The van der Waals surface area contributed by atoms with E-state index >= 15 is 0 Å². The van der Waals surface area contributed by atoms with E-state index in [1.54, 1.807) is 12.1 Å². The first kappa shape index (κ1) is 20.9. The summed E-state index contributed by atoms with van der Waals surface area (Å²) in [6.07, 6.45) is -3.33. The smallest absolute Gasteiger partial charge is 0.394 e. The monoisotopic (exact) mass is 386 g/mol. The third-order valence-electron chi connectivity index (χ3n) is 4.36. The molecule has 1 aliphatic heterocycles. The number of allylic oxidation sites excluding steroid dienone is 1. The van der Waals surface area contributed by atoms with Crippen LogP contribution in [0.25, 0.3) is 0 Å². The topological polar surface area (TPSA) is 61.9 Å². The van der Waals surface area contributed by atoms with E-state index in [-0.39, 0.29) is 5.82 Å². The molecule has 1 aromatic rings. The van der Waals surface area contributed by atoms with Gasteiger partial charge in [0.25, 0.3) is 5.91 Å². The zero-order chi connectivity index (χ0) is 20.0. The lowest BCUT2D eigenvalue weighted by Crippen LogP contribution is -2.50. The molecule has 0 radical (unpaired) electrons. The molecular weight excluding hydrogens is 364 g/mol. The summed E-state index contributed by atoms with van der Waals surface area (Å²) < 4.78 is 51.0. The predicted octanol–water partition coefficient (Wildman–Crippen LogP) is 1.99. The van der Waals surface area contributed by atoms with Crippen molar-refractivity contribution in [2.45, 2.75) is 12.6 Å². The maximum Gasteiger partial charge on any atom is 0.432 e. The van der Waals surface area contributed by atoms with Gasteiger partial charge in [-0.25, -0.2) is 4.39 Å². The molecule has 2 N–H and O–H groups in total. The number of aliphatic imine (C=N–C) groups is 1. The van der Waals surface area contributed by atoms with Crippen LogP contribution in [0.3, 0.4) is 0 Å². The summed E-state index contributed by atoms with van der Waals surface area (Å²) in [6, 6.07) is 6.29. The van der Waals surface area contributed by atoms with Crippen molar-refractivity contribution in [3.8, 4) is 0 Å². The molecule has 5 nitrogen and oxygen atoms in total. The summed E-state index contributed by atoms with van der Waals surface area (Å²) in [5.41, 5.74) is 4.89. The third-order valence-corrected chi connectivity index (χ3v) is 4.36. The van der Waals surface area contributed by atoms with Crippen molar-refractivity contribution in [1.82, 2.24) is 9.80 Å². The van der Waals surface area contributed by atoms with E-state index in [0.29, 0.717) is 32.3 Å². The molecule has 0 aromatic heterocycles. The van der Waals surface area contributed by atoms with Crippen molar-refractivity contribution >= 4 is 11.6 Å². The van der Waals surface area contributed by atoms with Crippen LogP contribution in [0, 0.1) is 5.82 Å². The summed E-state index contributed by atoms with van der Waals surface area (Å²) in [6.45, 7) is 2.69. The van der Waals surface area contributed by atoms with Gasteiger partial charge in [0.15, 0.2) is 0 Å². The highest BCUT2D eigenvalue weighted by Gasteiger charge is 2.34. The first-order valence-electron chi connectivity index (χ1n) is 8.48. The fourth-order valence-electron chi connectivity index (χ4n) is 2.78. The van der Waals surface area contributed by atoms with Gasteiger partial charge in [-0.15, -0.1) is 0 Å². The van der Waals surface area contributed by atoms with Crippen molar-refractivity contribution < 1.29 is 22.4 Å². The molecule has 1 amide bonds. The lowest BCUT2D eigenvalue weighted by atomic mass is 10.1. The molecule has 0 bridgehead atoms.